The van der Waals surface area contributed by atoms with E-state index in [-0.39, 0.29) is 0 Å². The highest BCUT2D eigenvalue weighted by Gasteiger charge is 2.42. The number of nitrogens with zero attached hydrogens (tertiary/aromatic N) is 2. The maximum atomic E-state index is 2.78. The minimum absolute atomic E-state index is 0.536. The van der Waals surface area contributed by atoms with E-state index in [1.54, 1.807) is 0 Å². The lowest BCUT2D eigenvalue weighted by Crippen LogP contribution is -2.31. The zero-order valence-corrected chi connectivity index (χ0v) is 30.5. The predicted molar refractivity (Wildman–Crippen MR) is 207 cm³/mol. The summed E-state index contributed by atoms with van der Waals surface area (Å²) in [5, 5.41) is 2.76. The molecule has 0 spiro atoms. The Kier molecular flexibility index (Phi) is 10.2. The van der Waals surface area contributed by atoms with Crippen LogP contribution in [0.4, 0.5) is 11.4 Å². The molecule has 0 N–H and O–H groups in total. The van der Waals surface area contributed by atoms with Crippen LogP contribution in [0.2, 0.25) is 0 Å². The second kappa shape index (κ2) is 14.3. The Morgan fingerprint density at radius 2 is 0.723 bits per heavy atom. The van der Waals surface area contributed by atoms with Crippen LogP contribution in [-0.4, -0.2) is 6.67 Å². The molecule has 2 nitrogen and oxygen atoms in total. The van der Waals surface area contributed by atoms with Gasteiger partial charge in [0.2, 0.25) is 0 Å². The second-order valence-corrected chi connectivity index (χ2v) is 14.0. The minimum atomic E-state index is 0.536. The highest BCUT2D eigenvalue weighted by Crippen LogP contribution is 2.55. The number of para-hydroxylation sites is 2. The van der Waals surface area contributed by atoms with E-state index in [9.17, 15) is 0 Å². The molecular weight excluding hydrogens is 569 g/mol. The van der Waals surface area contributed by atoms with E-state index in [4.69, 9.17) is 0 Å². The Morgan fingerprint density at radius 1 is 0.426 bits per heavy atom. The highest BCUT2D eigenvalue weighted by molar-refractivity contribution is 6.21. The first-order valence-corrected chi connectivity index (χ1v) is 19.1. The van der Waals surface area contributed by atoms with Gasteiger partial charge in [0.15, 0.2) is 0 Å². The van der Waals surface area contributed by atoms with Crippen LogP contribution in [-0.2, 0) is 0 Å². The fourth-order valence-corrected chi connectivity index (χ4v) is 9.20. The van der Waals surface area contributed by atoms with Gasteiger partial charge in [0, 0.05) is 27.9 Å². The standard InChI is InChI=1S/C45H58N2/c1-9-30(10-2)35-23-19-24-36(31(11-3)12-4)42(35)46-29-47(45-40-28-18-22-34-21-17-27-39(41(34)40)44(45)46)43-37(32(13-5)14-6)25-20-26-38(43)33(15-7)16-8/h17-28,30-33H,9-16,29H2,1-8H3. The molecule has 4 aromatic rings. The largest absolute Gasteiger partial charge is 0.320 e. The van der Waals surface area contributed by atoms with Gasteiger partial charge in [-0.05, 0) is 103 Å². The molecule has 0 radical (unpaired) electrons. The van der Waals surface area contributed by atoms with Gasteiger partial charge in [0.05, 0.1) is 11.4 Å². The van der Waals surface area contributed by atoms with Crippen molar-refractivity contribution in [1.82, 2.24) is 0 Å². The monoisotopic (exact) mass is 626 g/mol. The fourth-order valence-electron chi connectivity index (χ4n) is 9.20. The number of benzene rings is 4. The van der Waals surface area contributed by atoms with Crippen LogP contribution in [0.3, 0.4) is 0 Å². The summed E-state index contributed by atoms with van der Waals surface area (Å²) in [5.41, 5.74) is 14.7. The average Bonchev–Trinajstić information content (AvgIpc) is 3.65. The van der Waals surface area contributed by atoms with Gasteiger partial charge in [-0.3, -0.25) is 0 Å². The third-order valence-corrected chi connectivity index (χ3v) is 11.9. The van der Waals surface area contributed by atoms with Crippen molar-refractivity contribution in [3.63, 3.8) is 0 Å². The van der Waals surface area contributed by atoms with E-state index in [0.29, 0.717) is 23.7 Å². The van der Waals surface area contributed by atoms with Crippen molar-refractivity contribution < 1.29 is 0 Å². The summed E-state index contributed by atoms with van der Waals surface area (Å²) in [6.07, 6.45) is 9.27. The van der Waals surface area contributed by atoms with Gasteiger partial charge in [0.25, 0.3) is 0 Å². The molecule has 0 saturated heterocycles. The maximum Gasteiger partial charge on any atom is 0.100 e. The molecular formula is C45H58N2. The third-order valence-electron chi connectivity index (χ3n) is 11.9. The summed E-state index contributed by atoms with van der Waals surface area (Å²) in [4.78, 5) is 5.57. The van der Waals surface area contributed by atoms with Crippen molar-refractivity contribution in [2.24, 2.45) is 0 Å². The molecule has 4 aromatic carbocycles. The topological polar surface area (TPSA) is 6.48 Å². The maximum absolute atomic E-state index is 2.78. The molecule has 0 fully saturated rings. The van der Waals surface area contributed by atoms with Crippen LogP contribution in [0.15, 0.2) is 72.8 Å². The summed E-state index contributed by atoms with van der Waals surface area (Å²) in [6, 6.07) is 28.5. The van der Waals surface area contributed by atoms with E-state index in [0.717, 1.165) is 58.0 Å². The quantitative estimate of drug-likeness (QED) is 0.137. The van der Waals surface area contributed by atoms with Crippen LogP contribution < -0.4 is 9.80 Å². The molecule has 1 heterocycles. The van der Waals surface area contributed by atoms with Crippen molar-refractivity contribution in [3.05, 3.63) is 106 Å². The van der Waals surface area contributed by atoms with Crippen molar-refractivity contribution in [2.75, 3.05) is 16.5 Å². The summed E-state index contributed by atoms with van der Waals surface area (Å²) in [6.45, 7) is 19.9. The first-order chi connectivity index (χ1) is 23.0. The van der Waals surface area contributed by atoms with Gasteiger partial charge in [-0.25, -0.2) is 0 Å². The zero-order valence-electron chi connectivity index (χ0n) is 30.5. The van der Waals surface area contributed by atoms with Crippen molar-refractivity contribution >= 4 is 33.5 Å². The number of rotatable bonds is 14. The van der Waals surface area contributed by atoms with Crippen molar-refractivity contribution in [3.8, 4) is 0 Å². The summed E-state index contributed by atoms with van der Waals surface area (Å²) in [7, 11) is 0. The molecule has 6 rings (SSSR count). The lowest BCUT2D eigenvalue weighted by molar-refractivity contribution is 0.619. The van der Waals surface area contributed by atoms with Gasteiger partial charge in [-0.15, -0.1) is 0 Å². The van der Waals surface area contributed by atoms with Crippen LogP contribution in [0.25, 0.3) is 22.2 Å². The summed E-state index contributed by atoms with van der Waals surface area (Å²) < 4.78 is 0. The van der Waals surface area contributed by atoms with E-state index in [1.807, 2.05) is 0 Å². The molecule has 2 aliphatic rings. The van der Waals surface area contributed by atoms with Gasteiger partial charge < -0.3 is 9.80 Å². The lowest BCUT2D eigenvalue weighted by Gasteiger charge is -2.35. The summed E-state index contributed by atoms with van der Waals surface area (Å²) in [5.74, 6) is 2.14. The molecule has 0 amide bonds. The first kappa shape index (κ1) is 33.4. The Bertz CT molecular complexity index is 1550. The minimum Gasteiger partial charge on any atom is -0.320 e. The first-order valence-electron chi connectivity index (χ1n) is 19.1. The number of hydrogen-bond donors (Lipinski definition) is 0. The van der Waals surface area contributed by atoms with E-state index < -0.39 is 0 Å². The lowest BCUT2D eigenvalue weighted by atomic mass is 9.84. The normalized spacial score (nSPS) is 14.3. The molecule has 2 heteroatoms. The molecule has 0 bridgehead atoms. The summed E-state index contributed by atoms with van der Waals surface area (Å²) >= 11 is 0. The number of anilines is 2. The van der Waals surface area contributed by atoms with Crippen LogP contribution >= 0.6 is 0 Å². The predicted octanol–water partition coefficient (Wildman–Crippen LogP) is 13.6. The van der Waals surface area contributed by atoms with E-state index in [2.05, 4.69) is 138 Å². The van der Waals surface area contributed by atoms with Gasteiger partial charge in [-0.2, -0.15) is 0 Å². The smallest absolute Gasteiger partial charge is 0.100 e. The molecule has 0 unspecified atom stereocenters. The molecule has 1 aliphatic carbocycles. The number of hydrogen-bond acceptors (Lipinski definition) is 2. The molecule has 248 valence electrons. The Morgan fingerprint density at radius 3 is 1.02 bits per heavy atom. The SMILES string of the molecule is CCC(CC)c1cccc(C(CC)CC)c1N1CN(c2c(C(CC)CC)cccc2C(CC)CC)C2=C1c1cccc3cccc2c13. The van der Waals surface area contributed by atoms with Crippen LogP contribution in [0.1, 0.15) is 164 Å². The Balaban J connectivity index is 1.70. The highest BCUT2D eigenvalue weighted by atomic mass is 15.4. The van der Waals surface area contributed by atoms with Crippen molar-refractivity contribution in [1.29, 1.82) is 0 Å². The Labute approximate surface area is 285 Å². The molecule has 0 atom stereocenters. The van der Waals surface area contributed by atoms with Gasteiger partial charge in [-0.1, -0.05) is 128 Å². The average molecular weight is 627 g/mol. The number of fused-ring (bicyclic) bond motifs is 2. The Hall–Kier alpha value is -3.52. The van der Waals surface area contributed by atoms with E-state index >= 15 is 0 Å². The second-order valence-electron chi connectivity index (χ2n) is 14.0. The van der Waals surface area contributed by atoms with Gasteiger partial charge >= 0.3 is 0 Å². The van der Waals surface area contributed by atoms with Gasteiger partial charge in [0.1, 0.15) is 6.67 Å². The van der Waals surface area contributed by atoms with E-state index in [1.165, 1.54) is 66.9 Å². The van der Waals surface area contributed by atoms with Crippen LogP contribution in [0.5, 0.6) is 0 Å². The molecule has 1 aliphatic heterocycles. The third kappa shape index (κ3) is 5.50. The molecule has 47 heavy (non-hydrogen) atoms. The molecule has 0 aromatic heterocycles. The van der Waals surface area contributed by atoms with Crippen LogP contribution in [0, 0.1) is 0 Å². The fraction of sp³-hybridized carbons (Fsp3) is 0.467. The van der Waals surface area contributed by atoms with Crippen molar-refractivity contribution in [2.45, 2.75) is 130 Å². The molecule has 0 saturated carbocycles. The zero-order chi connectivity index (χ0) is 33.2.